The number of aliphatic imine (C=N–C) groups is 1. The van der Waals surface area contributed by atoms with Crippen LogP contribution in [0, 0.1) is 11.8 Å². The molecule has 0 radical (unpaired) electrons. The van der Waals surface area contributed by atoms with Gasteiger partial charge in [0.05, 0.1) is 14.2 Å². The van der Waals surface area contributed by atoms with Crippen molar-refractivity contribution in [3.8, 4) is 11.5 Å². The summed E-state index contributed by atoms with van der Waals surface area (Å²) in [6.45, 7) is 2.99. The Bertz CT molecular complexity index is 574. The maximum atomic E-state index is 5.48. The maximum Gasteiger partial charge on any atom is 0.193 e. The second kappa shape index (κ2) is 7.77. The van der Waals surface area contributed by atoms with Crippen molar-refractivity contribution in [1.29, 1.82) is 0 Å². The van der Waals surface area contributed by atoms with Crippen LogP contribution in [0.25, 0.3) is 0 Å². The zero-order valence-corrected chi connectivity index (χ0v) is 15.0. The molecule has 0 spiro atoms. The van der Waals surface area contributed by atoms with Gasteiger partial charge in [0.25, 0.3) is 0 Å². The molecular weight excluding hydrogens is 302 g/mol. The Labute approximate surface area is 145 Å². The molecule has 1 aromatic carbocycles. The smallest absolute Gasteiger partial charge is 0.193 e. The van der Waals surface area contributed by atoms with Crippen molar-refractivity contribution >= 4 is 5.96 Å². The second-order valence-corrected chi connectivity index (χ2v) is 6.79. The molecule has 2 aliphatic rings. The molecule has 5 nitrogen and oxygen atoms in total. The van der Waals surface area contributed by atoms with E-state index in [-0.39, 0.29) is 0 Å². The molecule has 5 heteroatoms. The minimum Gasteiger partial charge on any atom is -0.497 e. The van der Waals surface area contributed by atoms with Crippen LogP contribution in [-0.4, -0.2) is 45.2 Å². The summed E-state index contributed by atoms with van der Waals surface area (Å²) in [5.41, 5.74) is 1.11. The van der Waals surface area contributed by atoms with Gasteiger partial charge in [0.1, 0.15) is 11.5 Å². The molecule has 132 valence electrons. The Morgan fingerprint density at radius 3 is 2.46 bits per heavy atom. The highest BCUT2D eigenvalue weighted by Crippen LogP contribution is 2.36. The third-order valence-corrected chi connectivity index (χ3v) is 5.42. The number of hydrogen-bond acceptors (Lipinski definition) is 3. The lowest BCUT2D eigenvalue weighted by molar-refractivity contribution is 0.299. The predicted molar refractivity (Wildman–Crippen MR) is 96.8 cm³/mol. The van der Waals surface area contributed by atoms with Gasteiger partial charge >= 0.3 is 0 Å². The predicted octanol–water partition coefficient (Wildman–Crippen LogP) is 2.90. The van der Waals surface area contributed by atoms with Crippen molar-refractivity contribution in [2.24, 2.45) is 16.8 Å². The fourth-order valence-corrected chi connectivity index (χ4v) is 4.08. The topological polar surface area (TPSA) is 46.1 Å². The quantitative estimate of drug-likeness (QED) is 0.681. The van der Waals surface area contributed by atoms with Crippen LogP contribution in [0.3, 0.4) is 0 Å². The Hall–Kier alpha value is -1.91. The summed E-state index contributed by atoms with van der Waals surface area (Å²) < 4.78 is 10.7. The largest absolute Gasteiger partial charge is 0.497 e. The molecule has 2 fully saturated rings. The zero-order chi connectivity index (χ0) is 16.9. The molecule has 1 heterocycles. The summed E-state index contributed by atoms with van der Waals surface area (Å²) in [6, 6.07) is 5.93. The number of guanidine groups is 1. The highest BCUT2D eigenvalue weighted by molar-refractivity contribution is 5.80. The van der Waals surface area contributed by atoms with Crippen LogP contribution in [0.4, 0.5) is 0 Å². The van der Waals surface area contributed by atoms with Gasteiger partial charge in [0.15, 0.2) is 5.96 Å². The van der Waals surface area contributed by atoms with E-state index in [2.05, 4.69) is 15.2 Å². The van der Waals surface area contributed by atoms with Crippen molar-refractivity contribution in [2.45, 2.75) is 32.2 Å². The molecule has 1 saturated heterocycles. The molecule has 24 heavy (non-hydrogen) atoms. The van der Waals surface area contributed by atoms with E-state index in [9.17, 15) is 0 Å². The molecule has 2 unspecified atom stereocenters. The first-order valence-electron chi connectivity index (χ1n) is 8.91. The van der Waals surface area contributed by atoms with Crippen molar-refractivity contribution in [2.75, 3.05) is 34.4 Å². The summed E-state index contributed by atoms with van der Waals surface area (Å²) in [4.78, 5) is 6.93. The first kappa shape index (κ1) is 16.9. The lowest BCUT2D eigenvalue weighted by Crippen LogP contribution is -2.39. The van der Waals surface area contributed by atoms with Crippen LogP contribution in [0.1, 0.15) is 31.2 Å². The summed E-state index contributed by atoms with van der Waals surface area (Å²) in [7, 11) is 5.23. The van der Waals surface area contributed by atoms with E-state index in [1.807, 2.05) is 25.2 Å². The number of hydrogen-bond donors (Lipinski definition) is 1. The molecule has 2 atom stereocenters. The number of methoxy groups -OCH3 is 2. The minimum atomic E-state index is 0.700. The van der Waals surface area contributed by atoms with Crippen LogP contribution in [0.15, 0.2) is 23.2 Å². The molecule has 0 bridgehead atoms. The number of rotatable bonds is 4. The van der Waals surface area contributed by atoms with Gasteiger partial charge < -0.3 is 19.7 Å². The van der Waals surface area contributed by atoms with Gasteiger partial charge in [0, 0.05) is 38.3 Å². The van der Waals surface area contributed by atoms with E-state index in [4.69, 9.17) is 9.47 Å². The second-order valence-electron chi connectivity index (χ2n) is 6.79. The Balaban J connectivity index is 1.62. The number of nitrogens with zero attached hydrogens (tertiary/aromatic N) is 2. The molecule has 0 amide bonds. The molecule has 1 aromatic rings. The monoisotopic (exact) mass is 331 g/mol. The molecule has 1 aliphatic heterocycles. The highest BCUT2D eigenvalue weighted by atomic mass is 16.5. The fraction of sp³-hybridized carbons (Fsp3) is 0.632. The minimum absolute atomic E-state index is 0.700. The van der Waals surface area contributed by atoms with Gasteiger partial charge in [0.2, 0.25) is 0 Å². The molecule has 1 aliphatic carbocycles. The van der Waals surface area contributed by atoms with E-state index in [1.54, 1.807) is 14.2 Å². The summed E-state index contributed by atoms with van der Waals surface area (Å²) in [5, 5.41) is 3.50. The lowest BCUT2D eigenvalue weighted by atomic mass is 9.82. The van der Waals surface area contributed by atoms with Crippen LogP contribution in [0.2, 0.25) is 0 Å². The summed E-state index contributed by atoms with van der Waals surface area (Å²) >= 11 is 0. The standard InChI is InChI=1S/C19H29N3O2/c1-20-19(22-12-15-6-4-5-7-16(15)13-22)21-11-14-8-9-17(23-2)10-18(14)24-3/h8-10,15-16H,4-7,11-13H2,1-3H3,(H,20,21). The van der Waals surface area contributed by atoms with Crippen molar-refractivity contribution in [3.63, 3.8) is 0 Å². The van der Waals surface area contributed by atoms with Gasteiger partial charge in [-0.15, -0.1) is 0 Å². The van der Waals surface area contributed by atoms with E-state index >= 15 is 0 Å². The molecule has 0 aromatic heterocycles. The molecule has 1 saturated carbocycles. The SMILES string of the molecule is CN=C(NCc1ccc(OC)cc1OC)N1CC2CCCCC2C1. The average Bonchev–Trinajstić information content (AvgIpc) is 3.06. The lowest BCUT2D eigenvalue weighted by Gasteiger charge is -2.22. The van der Waals surface area contributed by atoms with Crippen LogP contribution >= 0.6 is 0 Å². The Morgan fingerprint density at radius 2 is 1.88 bits per heavy atom. The molecule has 3 rings (SSSR count). The normalized spacial score (nSPS) is 23.8. The summed E-state index contributed by atoms with van der Waals surface area (Å²) in [5.74, 6) is 4.36. The van der Waals surface area contributed by atoms with Crippen molar-refractivity contribution in [3.05, 3.63) is 23.8 Å². The number of fused-ring (bicyclic) bond motifs is 1. The molecular formula is C19H29N3O2. The Kier molecular flexibility index (Phi) is 5.48. The van der Waals surface area contributed by atoms with Crippen molar-refractivity contribution in [1.82, 2.24) is 10.2 Å². The van der Waals surface area contributed by atoms with Gasteiger partial charge in [-0.3, -0.25) is 4.99 Å². The van der Waals surface area contributed by atoms with Crippen LogP contribution in [0.5, 0.6) is 11.5 Å². The summed E-state index contributed by atoms with van der Waals surface area (Å²) in [6.07, 6.45) is 5.54. The number of likely N-dealkylation sites (tertiary alicyclic amines) is 1. The van der Waals surface area contributed by atoms with Crippen LogP contribution < -0.4 is 14.8 Å². The molecule has 1 N–H and O–H groups in total. The zero-order valence-electron chi connectivity index (χ0n) is 15.0. The van der Waals surface area contributed by atoms with Gasteiger partial charge in [-0.1, -0.05) is 12.8 Å². The highest BCUT2D eigenvalue weighted by Gasteiger charge is 2.35. The first-order chi connectivity index (χ1) is 11.7. The van der Waals surface area contributed by atoms with Gasteiger partial charge in [-0.05, 0) is 36.8 Å². The first-order valence-corrected chi connectivity index (χ1v) is 8.91. The van der Waals surface area contributed by atoms with E-state index in [1.165, 1.54) is 25.7 Å². The Morgan fingerprint density at radius 1 is 1.17 bits per heavy atom. The fourth-order valence-electron chi connectivity index (χ4n) is 4.08. The number of nitrogens with one attached hydrogen (secondary N) is 1. The van der Waals surface area contributed by atoms with Crippen LogP contribution in [-0.2, 0) is 6.54 Å². The van der Waals surface area contributed by atoms with E-state index < -0.39 is 0 Å². The number of ether oxygens (including phenoxy) is 2. The maximum absolute atomic E-state index is 5.48. The van der Waals surface area contributed by atoms with E-state index in [0.717, 1.165) is 47.9 Å². The van der Waals surface area contributed by atoms with Gasteiger partial charge in [-0.2, -0.15) is 0 Å². The van der Waals surface area contributed by atoms with Crippen molar-refractivity contribution < 1.29 is 9.47 Å². The van der Waals surface area contributed by atoms with E-state index in [0.29, 0.717) is 6.54 Å². The third kappa shape index (κ3) is 3.60. The average molecular weight is 331 g/mol. The third-order valence-electron chi connectivity index (χ3n) is 5.42. The van der Waals surface area contributed by atoms with Gasteiger partial charge in [-0.25, -0.2) is 0 Å². The number of benzene rings is 1.